The molecule has 3 saturated carbocycles. The molecule has 7 nitrogen and oxygen atoms in total. The molecule has 0 bridgehead atoms. The summed E-state index contributed by atoms with van der Waals surface area (Å²) in [6.45, 7) is 4.92. The molecule has 1 aromatic carbocycles. The molecule has 0 unspecified atom stereocenters. The van der Waals surface area contributed by atoms with Crippen LogP contribution in [0, 0.1) is 16.7 Å². The van der Waals surface area contributed by atoms with Crippen LogP contribution in [0.4, 0.5) is 0 Å². The van der Waals surface area contributed by atoms with Crippen molar-refractivity contribution in [3.8, 4) is 0 Å². The first-order valence-electron chi connectivity index (χ1n) is 12.7. The highest BCUT2D eigenvalue weighted by atomic mass is 16.5. The standard InChI is InChI=1S/C28H36O7/c1-17(29)26(32)13-14-28(34)25(26,3)22(35-23(31)18-7-5-4-6-8-18)16-21-24(2)11-10-20(30)15-19(24)9-12-27(21,28)33/h4-9,20-22,30,32-34H,10-16H2,1-3H3/t20-,21+,22+,24-,25+,26+,27-,28+/m0/s1. The number of aliphatic hydroxyl groups is 4. The van der Waals surface area contributed by atoms with Crippen LogP contribution in [-0.4, -0.2) is 61.2 Å². The van der Waals surface area contributed by atoms with Crippen LogP contribution in [0.3, 0.4) is 0 Å². The first kappa shape index (κ1) is 24.6. The van der Waals surface area contributed by atoms with Crippen LogP contribution in [0.2, 0.25) is 0 Å². The van der Waals surface area contributed by atoms with Crippen molar-refractivity contribution in [1.29, 1.82) is 0 Å². The summed E-state index contributed by atoms with van der Waals surface area (Å²) in [5.41, 5.74) is -6.20. The number of Topliss-reactive ketones (excluding diaryl/α,β-unsaturated/α-hetero) is 1. The Morgan fingerprint density at radius 1 is 1.03 bits per heavy atom. The van der Waals surface area contributed by atoms with Gasteiger partial charge >= 0.3 is 5.97 Å². The molecule has 4 aliphatic carbocycles. The lowest BCUT2D eigenvalue weighted by Crippen LogP contribution is -2.78. The van der Waals surface area contributed by atoms with E-state index in [9.17, 15) is 30.0 Å². The van der Waals surface area contributed by atoms with Gasteiger partial charge in [0, 0.05) is 5.92 Å². The number of ketones is 1. The highest BCUT2D eigenvalue weighted by Gasteiger charge is 2.81. The molecule has 8 atom stereocenters. The average molecular weight is 485 g/mol. The van der Waals surface area contributed by atoms with Gasteiger partial charge in [-0.3, -0.25) is 4.79 Å². The van der Waals surface area contributed by atoms with E-state index in [0.717, 1.165) is 5.57 Å². The van der Waals surface area contributed by atoms with E-state index in [0.29, 0.717) is 24.8 Å². The number of fused-ring (bicyclic) bond motifs is 5. The number of carbonyl (C=O) groups is 2. The minimum Gasteiger partial charge on any atom is -0.458 e. The maximum Gasteiger partial charge on any atom is 0.338 e. The van der Waals surface area contributed by atoms with Crippen LogP contribution >= 0.6 is 0 Å². The smallest absolute Gasteiger partial charge is 0.338 e. The predicted octanol–water partition coefficient (Wildman–Crippen LogP) is 2.70. The van der Waals surface area contributed by atoms with Crippen molar-refractivity contribution in [3.05, 3.63) is 47.5 Å². The molecule has 7 heteroatoms. The molecule has 0 saturated heterocycles. The van der Waals surface area contributed by atoms with E-state index in [1.165, 1.54) is 6.92 Å². The van der Waals surface area contributed by atoms with Crippen LogP contribution < -0.4 is 0 Å². The van der Waals surface area contributed by atoms with Crippen molar-refractivity contribution in [2.75, 3.05) is 0 Å². The van der Waals surface area contributed by atoms with E-state index in [-0.39, 0.29) is 25.7 Å². The van der Waals surface area contributed by atoms with E-state index in [4.69, 9.17) is 4.74 Å². The largest absolute Gasteiger partial charge is 0.458 e. The van der Waals surface area contributed by atoms with Crippen molar-refractivity contribution < 1.29 is 34.8 Å². The second kappa shape index (κ2) is 7.72. The Bertz CT molecular complexity index is 1080. The normalized spacial score (nSPS) is 46.6. The average Bonchev–Trinajstić information content (AvgIpc) is 3.06. The predicted molar refractivity (Wildman–Crippen MR) is 127 cm³/mol. The summed E-state index contributed by atoms with van der Waals surface area (Å²) in [6, 6.07) is 8.50. The zero-order valence-corrected chi connectivity index (χ0v) is 20.7. The summed E-state index contributed by atoms with van der Waals surface area (Å²) >= 11 is 0. The third-order valence-electron chi connectivity index (χ3n) is 10.4. The van der Waals surface area contributed by atoms with Gasteiger partial charge in [-0.1, -0.05) is 36.8 Å². The zero-order valence-electron chi connectivity index (χ0n) is 20.7. The van der Waals surface area contributed by atoms with E-state index in [1.807, 2.05) is 13.0 Å². The molecule has 0 aliphatic heterocycles. The molecular formula is C28H36O7. The Kier molecular flexibility index (Phi) is 5.43. The number of esters is 1. The number of hydrogen-bond acceptors (Lipinski definition) is 7. The van der Waals surface area contributed by atoms with Crippen molar-refractivity contribution >= 4 is 11.8 Å². The molecule has 35 heavy (non-hydrogen) atoms. The summed E-state index contributed by atoms with van der Waals surface area (Å²) in [7, 11) is 0. The van der Waals surface area contributed by atoms with Gasteiger partial charge < -0.3 is 25.2 Å². The summed E-state index contributed by atoms with van der Waals surface area (Å²) in [5.74, 6) is -1.60. The van der Waals surface area contributed by atoms with Crippen molar-refractivity contribution in [2.24, 2.45) is 16.7 Å². The minimum atomic E-state index is -1.96. The lowest BCUT2D eigenvalue weighted by molar-refractivity contribution is -0.312. The Morgan fingerprint density at radius 2 is 1.71 bits per heavy atom. The molecule has 0 amide bonds. The zero-order chi connectivity index (χ0) is 25.4. The van der Waals surface area contributed by atoms with Gasteiger partial charge in [0.05, 0.1) is 17.1 Å². The molecule has 0 radical (unpaired) electrons. The van der Waals surface area contributed by atoms with Gasteiger partial charge in [-0.15, -0.1) is 0 Å². The third-order valence-corrected chi connectivity index (χ3v) is 10.4. The highest BCUT2D eigenvalue weighted by molar-refractivity contribution is 5.90. The topological polar surface area (TPSA) is 124 Å². The first-order chi connectivity index (χ1) is 16.3. The maximum absolute atomic E-state index is 13.2. The van der Waals surface area contributed by atoms with E-state index in [2.05, 4.69) is 0 Å². The molecular weight excluding hydrogens is 448 g/mol. The van der Waals surface area contributed by atoms with Gasteiger partial charge in [-0.25, -0.2) is 4.79 Å². The highest BCUT2D eigenvalue weighted by Crippen LogP contribution is 2.70. The second-order valence-corrected chi connectivity index (χ2v) is 11.7. The lowest BCUT2D eigenvalue weighted by Gasteiger charge is -2.67. The minimum absolute atomic E-state index is 0.00778. The molecule has 0 spiro atoms. The fraction of sp³-hybridized carbons (Fsp3) is 0.643. The number of aliphatic hydroxyl groups excluding tert-OH is 1. The lowest BCUT2D eigenvalue weighted by atomic mass is 9.42. The number of ether oxygens (including phenoxy) is 1. The number of benzene rings is 1. The van der Waals surface area contributed by atoms with E-state index in [1.54, 1.807) is 37.3 Å². The monoisotopic (exact) mass is 484 g/mol. The van der Waals surface area contributed by atoms with Gasteiger partial charge in [0.2, 0.25) is 0 Å². The summed E-state index contributed by atoms with van der Waals surface area (Å²) in [5, 5.41) is 46.7. The van der Waals surface area contributed by atoms with E-state index < -0.39 is 57.5 Å². The third kappa shape index (κ3) is 2.98. The number of hydrogen-bond donors (Lipinski definition) is 4. The first-order valence-corrected chi connectivity index (χ1v) is 12.7. The maximum atomic E-state index is 13.2. The number of rotatable bonds is 3. The van der Waals surface area contributed by atoms with Crippen LogP contribution in [0.5, 0.6) is 0 Å². The Balaban J connectivity index is 1.65. The quantitative estimate of drug-likeness (QED) is 0.384. The SMILES string of the molecule is CC(=O)[C@]1(O)CC[C@@]2(O)[C@]1(C)[C@H](OC(=O)c1ccccc1)C[C@@H]1[C@@]3(C)CC[C@H](O)CC3=CC[C@]12O. The van der Waals surface area contributed by atoms with Crippen LogP contribution in [-0.2, 0) is 9.53 Å². The molecule has 4 N–H and O–H groups in total. The van der Waals surface area contributed by atoms with Crippen molar-refractivity contribution in [3.63, 3.8) is 0 Å². The van der Waals surface area contributed by atoms with Crippen LogP contribution in [0.25, 0.3) is 0 Å². The van der Waals surface area contributed by atoms with Gasteiger partial charge in [0.1, 0.15) is 22.9 Å². The Hall–Kier alpha value is -2.06. The van der Waals surface area contributed by atoms with Crippen LogP contribution in [0.15, 0.2) is 42.0 Å². The van der Waals surface area contributed by atoms with Gasteiger partial charge in [0.25, 0.3) is 0 Å². The fourth-order valence-corrected chi connectivity index (χ4v) is 8.14. The van der Waals surface area contributed by atoms with Crippen molar-refractivity contribution in [2.45, 2.75) is 94.7 Å². The molecule has 3 fully saturated rings. The molecule has 190 valence electrons. The Labute approximate surface area is 205 Å². The van der Waals surface area contributed by atoms with E-state index >= 15 is 0 Å². The van der Waals surface area contributed by atoms with Crippen LogP contribution in [0.1, 0.15) is 76.1 Å². The van der Waals surface area contributed by atoms with Crippen molar-refractivity contribution in [1.82, 2.24) is 0 Å². The molecule has 0 aromatic heterocycles. The second-order valence-electron chi connectivity index (χ2n) is 11.7. The molecule has 4 aliphatic rings. The summed E-state index contributed by atoms with van der Waals surface area (Å²) in [6.07, 6.45) is 2.48. The molecule has 0 heterocycles. The molecule has 5 rings (SSSR count). The Morgan fingerprint density at radius 3 is 2.37 bits per heavy atom. The van der Waals surface area contributed by atoms with Gasteiger partial charge in [-0.2, -0.15) is 0 Å². The summed E-state index contributed by atoms with van der Waals surface area (Å²) < 4.78 is 6.05. The fourth-order valence-electron chi connectivity index (χ4n) is 8.14. The van der Waals surface area contributed by atoms with Gasteiger partial charge in [-0.05, 0) is 76.3 Å². The molecule has 1 aromatic rings. The van der Waals surface area contributed by atoms with Gasteiger partial charge in [0.15, 0.2) is 5.78 Å². The number of carbonyl (C=O) groups excluding carboxylic acids is 2. The summed E-state index contributed by atoms with van der Waals surface area (Å²) in [4.78, 5) is 26.0.